The Kier molecular flexibility index (Phi) is 9.76. The zero-order chi connectivity index (χ0) is 26.0. The standard InChI is InChI=1S/C28H31N5O2S2/c1-21-24(30-13-11-26(21)36-15-14-32(2)18-22-8-5-4-6-9-22)20-37-28-31-17-25(23-10-7-12-29-16-23)33(28)19-27(34)35-3/h4-13,16-17H,14-15,18-20H2,1-3H3. The SMILES string of the molecule is COC(=O)Cn1c(-c2cccnc2)cnc1SCc1nccc(SCCN(C)Cc2ccccc2)c1C. The van der Waals surface area contributed by atoms with Crippen LogP contribution in [0.1, 0.15) is 16.8 Å². The minimum Gasteiger partial charge on any atom is -0.468 e. The van der Waals surface area contributed by atoms with E-state index >= 15 is 0 Å². The van der Waals surface area contributed by atoms with E-state index in [0.717, 1.165) is 41.0 Å². The molecule has 0 atom stereocenters. The lowest BCUT2D eigenvalue weighted by Crippen LogP contribution is -2.20. The van der Waals surface area contributed by atoms with Crippen molar-refractivity contribution in [3.05, 3.63) is 90.1 Å². The largest absolute Gasteiger partial charge is 0.468 e. The van der Waals surface area contributed by atoms with Gasteiger partial charge in [-0.3, -0.25) is 14.8 Å². The van der Waals surface area contributed by atoms with Crippen LogP contribution in [0.5, 0.6) is 0 Å². The van der Waals surface area contributed by atoms with E-state index in [1.807, 2.05) is 40.7 Å². The summed E-state index contributed by atoms with van der Waals surface area (Å²) in [5, 5.41) is 0.742. The molecule has 0 aliphatic carbocycles. The average Bonchev–Trinajstić information content (AvgIpc) is 3.32. The summed E-state index contributed by atoms with van der Waals surface area (Å²) < 4.78 is 6.80. The van der Waals surface area contributed by atoms with Crippen LogP contribution in [0.25, 0.3) is 11.3 Å². The highest BCUT2D eigenvalue weighted by Gasteiger charge is 2.17. The molecule has 0 saturated heterocycles. The number of thioether (sulfide) groups is 2. The number of carbonyl (C=O) groups is 1. The molecule has 0 spiro atoms. The Balaban J connectivity index is 1.40. The number of aromatic nitrogens is 4. The van der Waals surface area contributed by atoms with Gasteiger partial charge in [-0.05, 0) is 43.3 Å². The Bertz CT molecular complexity index is 1300. The van der Waals surface area contributed by atoms with Crippen molar-refractivity contribution in [3.8, 4) is 11.3 Å². The topological polar surface area (TPSA) is 73.1 Å². The van der Waals surface area contributed by atoms with E-state index in [1.54, 1.807) is 30.4 Å². The first-order chi connectivity index (χ1) is 18.0. The maximum Gasteiger partial charge on any atom is 0.325 e. The third-order valence-electron chi connectivity index (χ3n) is 5.91. The fourth-order valence-electron chi connectivity index (χ4n) is 3.84. The van der Waals surface area contributed by atoms with Crippen molar-refractivity contribution in [3.63, 3.8) is 0 Å². The van der Waals surface area contributed by atoms with Crippen molar-refractivity contribution in [2.75, 3.05) is 26.5 Å². The van der Waals surface area contributed by atoms with Crippen molar-refractivity contribution < 1.29 is 9.53 Å². The second kappa shape index (κ2) is 13.4. The van der Waals surface area contributed by atoms with Gasteiger partial charge in [0.25, 0.3) is 0 Å². The lowest BCUT2D eigenvalue weighted by Gasteiger charge is -2.17. The van der Waals surface area contributed by atoms with Crippen LogP contribution in [-0.4, -0.2) is 56.8 Å². The number of esters is 1. The maximum absolute atomic E-state index is 12.1. The quantitative estimate of drug-likeness (QED) is 0.179. The third-order valence-corrected chi connectivity index (χ3v) is 8.06. The van der Waals surface area contributed by atoms with Gasteiger partial charge in [-0.15, -0.1) is 11.8 Å². The Morgan fingerprint density at radius 2 is 1.86 bits per heavy atom. The number of benzene rings is 1. The Labute approximate surface area is 226 Å². The molecule has 192 valence electrons. The molecule has 7 nitrogen and oxygen atoms in total. The Morgan fingerprint density at radius 1 is 1.03 bits per heavy atom. The molecule has 3 heterocycles. The number of imidazole rings is 1. The van der Waals surface area contributed by atoms with Crippen LogP contribution in [0.4, 0.5) is 0 Å². The molecule has 0 bridgehead atoms. The highest BCUT2D eigenvalue weighted by Crippen LogP contribution is 2.30. The fourth-order valence-corrected chi connectivity index (χ4v) is 5.96. The molecular formula is C28H31N5O2S2. The van der Waals surface area contributed by atoms with Gasteiger partial charge in [-0.2, -0.15) is 0 Å². The molecule has 4 aromatic rings. The summed E-state index contributed by atoms with van der Waals surface area (Å²) in [7, 11) is 3.55. The van der Waals surface area contributed by atoms with Gasteiger partial charge in [0.05, 0.1) is 24.7 Å². The van der Waals surface area contributed by atoms with E-state index in [-0.39, 0.29) is 12.5 Å². The number of ether oxygens (including phenoxy) is 1. The Hall–Kier alpha value is -3.14. The van der Waals surface area contributed by atoms with Crippen LogP contribution >= 0.6 is 23.5 Å². The van der Waals surface area contributed by atoms with Gasteiger partial charge >= 0.3 is 5.97 Å². The summed E-state index contributed by atoms with van der Waals surface area (Å²) in [6.45, 7) is 4.15. The van der Waals surface area contributed by atoms with Gasteiger partial charge in [0.1, 0.15) is 6.54 Å². The summed E-state index contributed by atoms with van der Waals surface area (Å²) in [5.41, 5.74) is 5.25. The number of pyridine rings is 2. The van der Waals surface area contributed by atoms with E-state index < -0.39 is 0 Å². The molecule has 0 aliphatic rings. The minimum absolute atomic E-state index is 0.0852. The second-order valence-electron chi connectivity index (χ2n) is 8.57. The summed E-state index contributed by atoms with van der Waals surface area (Å²) in [6, 6.07) is 16.5. The van der Waals surface area contributed by atoms with Crippen LogP contribution in [0.3, 0.4) is 0 Å². The number of hydrogen-bond acceptors (Lipinski definition) is 8. The molecule has 0 saturated carbocycles. The molecule has 0 N–H and O–H groups in total. The van der Waals surface area contributed by atoms with Crippen LogP contribution in [0, 0.1) is 6.92 Å². The molecule has 0 unspecified atom stereocenters. The lowest BCUT2D eigenvalue weighted by molar-refractivity contribution is -0.141. The van der Waals surface area contributed by atoms with Crippen LogP contribution in [0.2, 0.25) is 0 Å². The smallest absolute Gasteiger partial charge is 0.325 e. The number of rotatable bonds is 12. The van der Waals surface area contributed by atoms with Gasteiger partial charge in [-0.1, -0.05) is 42.1 Å². The lowest BCUT2D eigenvalue weighted by atomic mass is 10.2. The van der Waals surface area contributed by atoms with Gasteiger partial charge in [0.15, 0.2) is 5.16 Å². The van der Waals surface area contributed by atoms with Gasteiger partial charge in [0.2, 0.25) is 0 Å². The molecule has 0 fully saturated rings. The molecule has 37 heavy (non-hydrogen) atoms. The maximum atomic E-state index is 12.1. The number of hydrogen-bond donors (Lipinski definition) is 0. The van der Waals surface area contributed by atoms with E-state index in [9.17, 15) is 4.79 Å². The highest BCUT2D eigenvalue weighted by molar-refractivity contribution is 7.99. The van der Waals surface area contributed by atoms with Gasteiger partial charge < -0.3 is 14.2 Å². The predicted octanol–water partition coefficient (Wildman–Crippen LogP) is 5.34. The van der Waals surface area contributed by atoms with E-state index in [2.05, 4.69) is 64.2 Å². The fraction of sp³-hybridized carbons (Fsp3) is 0.286. The van der Waals surface area contributed by atoms with Gasteiger partial charge in [-0.25, -0.2) is 4.98 Å². The molecule has 0 aliphatic heterocycles. The minimum atomic E-state index is -0.324. The molecule has 0 radical (unpaired) electrons. The first-order valence-corrected chi connectivity index (χ1v) is 14.0. The second-order valence-corrected chi connectivity index (χ2v) is 10.7. The first kappa shape index (κ1) is 26.9. The van der Waals surface area contributed by atoms with Crippen LogP contribution < -0.4 is 0 Å². The van der Waals surface area contributed by atoms with Crippen molar-refractivity contribution in [2.45, 2.75) is 35.8 Å². The van der Waals surface area contributed by atoms with Crippen LogP contribution in [-0.2, 0) is 28.4 Å². The van der Waals surface area contributed by atoms with Crippen LogP contribution in [0.15, 0.2) is 83.4 Å². The normalized spacial score (nSPS) is 11.1. The number of carbonyl (C=O) groups excluding carboxylic acids is 1. The van der Waals surface area contributed by atoms with Crippen molar-refractivity contribution >= 4 is 29.5 Å². The molecule has 4 rings (SSSR count). The van der Waals surface area contributed by atoms with Crippen molar-refractivity contribution in [2.24, 2.45) is 0 Å². The summed E-state index contributed by atoms with van der Waals surface area (Å²) in [4.78, 5) is 29.2. The first-order valence-electron chi connectivity index (χ1n) is 12.0. The Morgan fingerprint density at radius 3 is 2.62 bits per heavy atom. The van der Waals surface area contributed by atoms with Gasteiger partial charge in [0, 0.05) is 53.6 Å². The number of nitrogens with zero attached hydrogens (tertiary/aromatic N) is 5. The average molecular weight is 534 g/mol. The molecular weight excluding hydrogens is 502 g/mol. The monoisotopic (exact) mass is 533 g/mol. The van der Waals surface area contributed by atoms with E-state index in [4.69, 9.17) is 4.74 Å². The zero-order valence-electron chi connectivity index (χ0n) is 21.3. The van der Waals surface area contributed by atoms with E-state index in [1.165, 1.54) is 23.1 Å². The number of methoxy groups -OCH3 is 1. The highest BCUT2D eigenvalue weighted by atomic mass is 32.2. The third kappa shape index (κ3) is 7.44. The van der Waals surface area contributed by atoms with Crippen molar-refractivity contribution in [1.82, 2.24) is 24.4 Å². The molecule has 9 heteroatoms. The predicted molar refractivity (Wildman–Crippen MR) is 150 cm³/mol. The summed E-state index contributed by atoms with van der Waals surface area (Å²) >= 11 is 3.42. The molecule has 1 aromatic carbocycles. The zero-order valence-corrected chi connectivity index (χ0v) is 23.0. The van der Waals surface area contributed by atoms with E-state index in [0.29, 0.717) is 5.75 Å². The summed E-state index contributed by atoms with van der Waals surface area (Å²) in [5.74, 6) is 1.33. The molecule has 0 amide bonds. The van der Waals surface area contributed by atoms with Crippen molar-refractivity contribution in [1.29, 1.82) is 0 Å². The summed E-state index contributed by atoms with van der Waals surface area (Å²) in [6.07, 6.45) is 7.14. The molecule has 3 aromatic heterocycles.